The van der Waals surface area contributed by atoms with Crippen LogP contribution in [0.4, 0.5) is 5.69 Å². The van der Waals surface area contributed by atoms with E-state index < -0.39 is 17.9 Å². The summed E-state index contributed by atoms with van der Waals surface area (Å²) in [6, 6.07) is 12.9. The van der Waals surface area contributed by atoms with Crippen molar-refractivity contribution in [3.05, 3.63) is 58.6 Å². The minimum absolute atomic E-state index is 0.00434. The SMILES string of the molecule is COC(=O)C(NC(=O)COc1cccc(NC(=O)C2CC2)c1)c1ccc(Br)cc1. The van der Waals surface area contributed by atoms with Crippen molar-refractivity contribution >= 4 is 39.4 Å². The van der Waals surface area contributed by atoms with E-state index in [4.69, 9.17) is 9.47 Å². The Morgan fingerprint density at radius 2 is 1.86 bits per heavy atom. The predicted molar refractivity (Wildman–Crippen MR) is 110 cm³/mol. The second-order valence-electron chi connectivity index (χ2n) is 6.66. The Labute approximate surface area is 176 Å². The minimum atomic E-state index is -0.937. The molecule has 0 radical (unpaired) electrons. The van der Waals surface area contributed by atoms with Crippen molar-refractivity contribution < 1.29 is 23.9 Å². The number of ether oxygens (including phenoxy) is 2. The van der Waals surface area contributed by atoms with Crippen molar-refractivity contribution in [3.63, 3.8) is 0 Å². The molecule has 8 heteroatoms. The van der Waals surface area contributed by atoms with Crippen LogP contribution in [0, 0.1) is 5.92 Å². The molecule has 2 aromatic carbocycles. The zero-order valence-electron chi connectivity index (χ0n) is 15.8. The van der Waals surface area contributed by atoms with E-state index in [1.165, 1.54) is 7.11 Å². The summed E-state index contributed by atoms with van der Waals surface area (Å²) in [6.07, 6.45) is 1.84. The number of esters is 1. The van der Waals surface area contributed by atoms with E-state index >= 15 is 0 Å². The molecule has 1 aliphatic rings. The van der Waals surface area contributed by atoms with Gasteiger partial charge < -0.3 is 20.1 Å². The lowest BCUT2D eigenvalue weighted by molar-refractivity contribution is -0.145. The summed E-state index contributed by atoms with van der Waals surface area (Å²) in [5, 5.41) is 5.45. The smallest absolute Gasteiger partial charge is 0.333 e. The van der Waals surface area contributed by atoms with Crippen LogP contribution in [0.3, 0.4) is 0 Å². The van der Waals surface area contributed by atoms with Gasteiger partial charge in [-0.25, -0.2) is 4.79 Å². The Balaban J connectivity index is 1.58. The molecule has 1 saturated carbocycles. The molecule has 0 saturated heterocycles. The molecule has 0 spiro atoms. The van der Waals surface area contributed by atoms with Crippen molar-refractivity contribution in [1.82, 2.24) is 5.32 Å². The van der Waals surface area contributed by atoms with Crippen molar-refractivity contribution in [2.45, 2.75) is 18.9 Å². The fourth-order valence-electron chi connectivity index (χ4n) is 2.66. The van der Waals surface area contributed by atoms with Crippen LogP contribution in [0.25, 0.3) is 0 Å². The third-order valence-electron chi connectivity index (χ3n) is 4.37. The number of carbonyl (C=O) groups excluding carboxylic acids is 3. The van der Waals surface area contributed by atoms with Crippen LogP contribution in [0.1, 0.15) is 24.4 Å². The Bertz CT molecular complexity index is 896. The van der Waals surface area contributed by atoms with Crippen LogP contribution < -0.4 is 15.4 Å². The predicted octanol–water partition coefficient (Wildman–Crippen LogP) is 3.21. The van der Waals surface area contributed by atoms with Gasteiger partial charge in [-0.2, -0.15) is 0 Å². The molecule has 3 rings (SSSR count). The van der Waals surface area contributed by atoms with Gasteiger partial charge in [-0.1, -0.05) is 34.1 Å². The van der Waals surface area contributed by atoms with Crippen molar-refractivity contribution in [1.29, 1.82) is 0 Å². The fraction of sp³-hybridized carbons (Fsp3) is 0.286. The Hall–Kier alpha value is -2.87. The molecule has 0 heterocycles. The zero-order chi connectivity index (χ0) is 20.8. The summed E-state index contributed by atoms with van der Waals surface area (Å²) in [7, 11) is 1.26. The van der Waals surface area contributed by atoms with Gasteiger partial charge in [-0.3, -0.25) is 9.59 Å². The molecule has 0 bridgehead atoms. The third kappa shape index (κ3) is 6.05. The van der Waals surface area contributed by atoms with E-state index in [1.54, 1.807) is 48.5 Å². The first kappa shape index (κ1) is 20.9. The molecular weight excluding hydrogens is 440 g/mol. The maximum Gasteiger partial charge on any atom is 0.333 e. The van der Waals surface area contributed by atoms with E-state index in [1.807, 2.05) is 0 Å². The second-order valence-corrected chi connectivity index (χ2v) is 7.57. The van der Waals surface area contributed by atoms with Gasteiger partial charge in [0, 0.05) is 22.1 Å². The van der Waals surface area contributed by atoms with E-state index in [9.17, 15) is 14.4 Å². The van der Waals surface area contributed by atoms with Crippen molar-refractivity contribution in [3.8, 4) is 5.75 Å². The maximum atomic E-state index is 12.3. The Morgan fingerprint density at radius 3 is 2.52 bits per heavy atom. The number of halogens is 1. The summed E-state index contributed by atoms with van der Waals surface area (Å²) in [5.41, 5.74) is 1.21. The van der Waals surface area contributed by atoms with Gasteiger partial charge in [0.1, 0.15) is 5.75 Å². The lowest BCUT2D eigenvalue weighted by Crippen LogP contribution is -2.37. The first-order valence-electron chi connectivity index (χ1n) is 9.12. The normalized spacial score (nSPS) is 13.9. The summed E-state index contributed by atoms with van der Waals surface area (Å²) < 4.78 is 11.2. The minimum Gasteiger partial charge on any atom is -0.484 e. The molecular formula is C21H21BrN2O5. The second kappa shape index (κ2) is 9.56. The molecule has 7 nitrogen and oxygen atoms in total. The van der Waals surface area contributed by atoms with Crippen molar-refractivity contribution in [2.75, 3.05) is 19.0 Å². The fourth-order valence-corrected chi connectivity index (χ4v) is 2.92. The van der Waals surface area contributed by atoms with Gasteiger partial charge in [0.2, 0.25) is 5.91 Å². The lowest BCUT2D eigenvalue weighted by atomic mass is 10.1. The number of carbonyl (C=O) groups is 3. The van der Waals surface area contributed by atoms with Gasteiger partial charge in [-0.15, -0.1) is 0 Å². The highest BCUT2D eigenvalue weighted by Crippen LogP contribution is 2.30. The van der Waals surface area contributed by atoms with E-state index in [2.05, 4.69) is 26.6 Å². The van der Waals surface area contributed by atoms with Crippen LogP contribution in [0.15, 0.2) is 53.0 Å². The Morgan fingerprint density at radius 1 is 1.14 bits per heavy atom. The molecule has 2 N–H and O–H groups in total. The molecule has 1 unspecified atom stereocenters. The molecule has 29 heavy (non-hydrogen) atoms. The first-order chi connectivity index (χ1) is 14.0. The maximum absolute atomic E-state index is 12.3. The average molecular weight is 461 g/mol. The number of hydrogen-bond acceptors (Lipinski definition) is 5. The molecule has 1 atom stereocenters. The standard InChI is InChI=1S/C21H21BrN2O5/c1-28-21(27)19(13-7-9-15(22)10-8-13)24-18(25)12-29-17-4-2-3-16(11-17)23-20(26)14-5-6-14/h2-4,7-11,14,19H,5-6,12H2,1H3,(H,23,26)(H,24,25). The summed E-state index contributed by atoms with van der Waals surface area (Å²) in [5.74, 6) is -0.525. The molecule has 1 aliphatic carbocycles. The molecule has 1 fully saturated rings. The topological polar surface area (TPSA) is 93.7 Å². The summed E-state index contributed by atoms with van der Waals surface area (Å²) >= 11 is 3.33. The highest BCUT2D eigenvalue weighted by molar-refractivity contribution is 9.10. The molecule has 0 aromatic heterocycles. The van der Waals surface area contributed by atoms with Crippen molar-refractivity contribution in [2.24, 2.45) is 5.92 Å². The van der Waals surface area contributed by atoms with Crippen LogP contribution in [0.5, 0.6) is 5.75 Å². The molecule has 2 amide bonds. The highest BCUT2D eigenvalue weighted by atomic mass is 79.9. The largest absolute Gasteiger partial charge is 0.484 e. The van der Waals surface area contributed by atoms with E-state index in [0.29, 0.717) is 17.0 Å². The van der Waals surface area contributed by atoms with Crippen LogP contribution >= 0.6 is 15.9 Å². The number of methoxy groups -OCH3 is 1. The number of anilines is 1. The van der Waals surface area contributed by atoms with E-state index in [0.717, 1.165) is 17.3 Å². The number of hydrogen-bond donors (Lipinski definition) is 2. The van der Waals surface area contributed by atoms with Crippen LogP contribution in [0.2, 0.25) is 0 Å². The monoisotopic (exact) mass is 460 g/mol. The van der Waals surface area contributed by atoms with Gasteiger partial charge in [0.15, 0.2) is 12.6 Å². The quantitative estimate of drug-likeness (QED) is 0.589. The van der Waals surface area contributed by atoms with Gasteiger partial charge in [0.05, 0.1) is 7.11 Å². The molecule has 2 aromatic rings. The number of rotatable bonds is 8. The number of nitrogens with one attached hydrogen (secondary N) is 2. The molecule has 152 valence electrons. The summed E-state index contributed by atoms with van der Waals surface area (Å²) in [6.45, 7) is -0.288. The average Bonchev–Trinajstić information content (AvgIpc) is 3.56. The zero-order valence-corrected chi connectivity index (χ0v) is 17.4. The van der Waals surface area contributed by atoms with Gasteiger partial charge in [-0.05, 0) is 42.7 Å². The number of benzene rings is 2. The van der Waals surface area contributed by atoms with Gasteiger partial charge in [0.25, 0.3) is 5.91 Å². The van der Waals surface area contributed by atoms with E-state index in [-0.39, 0.29) is 18.4 Å². The first-order valence-corrected chi connectivity index (χ1v) is 9.92. The van der Waals surface area contributed by atoms with Crippen LogP contribution in [-0.2, 0) is 19.1 Å². The molecule has 0 aliphatic heterocycles. The lowest BCUT2D eigenvalue weighted by Gasteiger charge is -2.17. The highest BCUT2D eigenvalue weighted by Gasteiger charge is 2.29. The van der Waals surface area contributed by atoms with Crippen LogP contribution in [-0.4, -0.2) is 31.5 Å². The third-order valence-corrected chi connectivity index (χ3v) is 4.89. The number of amides is 2. The Kier molecular flexibility index (Phi) is 6.87. The van der Waals surface area contributed by atoms with Gasteiger partial charge >= 0.3 is 5.97 Å². The summed E-state index contributed by atoms with van der Waals surface area (Å²) in [4.78, 5) is 36.3.